The molecule has 0 aliphatic rings. The summed E-state index contributed by atoms with van der Waals surface area (Å²) in [6.07, 6.45) is 0.0618. The number of benzene rings is 1. The van der Waals surface area contributed by atoms with Crippen LogP contribution in [0.4, 0.5) is 5.69 Å². The van der Waals surface area contributed by atoms with Gasteiger partial charge in [0, 0.05) is 31.1 Å². The third kappa shape index (κ3) is 3.53. The van der Waals surface area contributed by atoms with Gasteiger partial charge >= 0.3 is 0 Å². The third-order valence-corrected chi connectivity index (χ3v) is 4.73. The van der Waals surface area contributed by atoms with Crippen LogP contribution >= 0.6 is 0 Å². The number of rotatable bonds is 6. The second kappa shape index (κ2) is 6.45. The standard InChI is InChI=1S/C12H15N3O4S/c1-10(2)14(8-4-7-13)20(18,19)12-6-3-5-11(9-12)15(16)17/h3,5-6,9-10H,4,8H2,1-2H3. The lowest BCUT2D eigenvalue weighted by Gasteiger charge is -2.24. The average Bonchev–Trinajstić information content (AvgIpc) is 2.38. The largest absolute Gasteiger partial charge is 0.270 e. The number of nitro groups is 1. The molecule has 0 saturated heterocycles. The minimum absolute atomic E-state index is 0.0548. The van der Waals surface area contributed by atoms with Crippen molar-refractivity contribution in [2.45, 2.75) is 31.2 Å². The van der Waals surface area contributed by atoms with E-state index in [0.29, 0.717) is 0 Å². The molecule has 0 fully saturated rings. The van der Waals surface area contributed by atoms with Gasteiger partial charge in [-0.05, 0) is 19.9 Å². The first-order chi connectivity index (χ1) is 9.30. The predicted octanol–water partition coefficient (Wildman–Crippen LogP) is 1.91. The van der Waals surface area contributed by atoms with Crippen LogP contribution in [0.5, 0.6) is 0 Å². The molecule has 108 valence electrons. The van der Waals surface area contributed by atoms with Gasteiger partial charge in [-0.2, -0.15) is 9.57 Å². The van der Waals surface area contributed by atoms with Gasteiger partial charge in [0.05, 0.1) is 15.9 Å². The molecule has 7 nitrogen and oxygen atoms in total. The number of hydrogen-bond acceptors (Lipinski definition) is 5. The summed E-state index contributed by atoms with van der Waals surface area (Å²) in [4.78, 5) is 9.92. The maximum Gasteiger partial charge on any atom is 0.270 e. The Morgan fingerprint density at radius 1 is 1.45 bits per heavy atom. The second-order valence-corrected chi connectivity index (χ2v) is 6.26. The van der Waals surface area contributed by atoms with E-state index in [1.54, 1.807) is 13.8 Å². The number of nitrogens with zero attached hydrogens (tertiary/aromatic N) is 3. The molecule has 0 aromatic heterocycles. The van der Waals surface area contributed by atoms with E-state index in [1.165, 1.54) is 18.2 Å². The first-order valence-electron chi connectivity index (χ1n) is 5.94. The summed E-state index contributed by atoms with van der Waals surface area (Å²) >= 11 is 0. The zero-order chi connectivity index (χ0) is 15.3. The molecule has 0 heterocycles. The van der Waals surface area contributed by atoms with Crippen molar-refractivity contribution in [3.8, 4) is 6.07 Å². The SMILES string of the molecule is CC(C)N(CCC#N)S(=O)(=O)c1cccc([N+](=O)[O-])c1. The Morgan fingerprint density at radius 2 is 2.10 bits per heavy atom. The van der Waals surface area contributed by atoms with E-state index in [1.807, 2.05) is 6.07 Å². The van der Waals surface area contributed by atoms with Crippen molar-refractivity contribution in [1.29, 1.82) is 5.26 Å². The normalized spacial score (nSPS) is 11.6. The van der Waals surface area contributed by atoms with Gasteiger partial charge in [0.1, 0.15) is 0 Å². The summed E-state index contributed by atoms with van der Waals surface area (Å²) in [5.41, 5.74) is -0.282. The number of sulfonamides is 1. The van der Waals surface area contributed by atoms with Crippen LogP contribution in [0.3, 0.4) is 0 Å². The number of non-ortho nitro benzene ring substituents is 1. The fraction of sp³-hybridized carbons (Fsp3) is 0.417. The van der Waals surface area contributed by atoms with E-state index >= 15 is 0 Å². The predicted molar refractivity (Wildman–Crippen MR) is 72.4 cm³/mol. The van der Waals surface area contributed by atoms with Crippen molar-refractivity contribution in [2.24, 2.45) is 0 Å². The van der Waals surface area contributed by atoms with Crippen LogP contribution in [0, 0.1) is 21.4 Å². The van der Waals surface area contributed by atoms with Crippen LogP contribution < -0.4 is 0 Å². The molecule has 0 saturated carbocycles. The van der Waals surface area contributed by atoms with Crippen LogP contribution in [0.1, 0.15) is 20.3 Å². The van der Waals surface area contributed by atoms with Crippen molar-refractivity contribution in [2.75, 3.05) is 6.54 Å². The van der Waals surface area contributed by atoms with E-state index in [2.05, 4.69) is 0 Å². The summed E-state index contributed by atoms with van der Waals surface area (Å²) in [6.45, 7) is 3.43. The lowest BCUT2D eigenvalue weighted by Crippen LogP contribution is -2.37. The third-order valence-electron chi connectivity index (χ3n) is 2.65. The highest BCUT2D eigenvalue weighted by Crippen LogP contribution is 2.22. The Balaban J connectivity index is 3.23. The van der Waals surface area contributed by atoms with Crippen LogP contribution in [-0.2, 0) is 10.0 Å². The van der Waals surface area contributed by atoms with E-state index < -0.39 is 14.9 Å². The Kier molecular flexibility index (Phi) is 5.19. The summed E-state index contributed by atoms with van der Waals surface area (Å²) in [7, 11) is -3.85. The smallest absolute Gasteiger partial charge is 0.258 e. The summed E-state index contributed by atoms with van der Waals surface area (Å²) in [5.74, 6) is 0. The van der Waals surface area contributed by atoms with Gasteiger partial charge in [-0.1, -0.05) is 6.07 Å². The van der Waals surface area contributed by atoms with Gasteiger partial charge in [-0.15, -0.1) is 0 Å². The number of hydrogen-bond donors (Lipinski definition) is 0. The number of nitriles is 1. The van der Waals surface area contributed by atoms with Crippen molar-refractivity contribution < 1.29 is 13.3 Å². The quantitative estimate of drug-likeness (QED) is 0.589. The van der Waals surface area contributed by atoms with Gasteiger partial charge < -0.3 is 0 Å². The molecule has 0 radical (unpaired) electrons. The lowest BCUT2D eigenvalue weighted by atomic mass is 10.3. The fourth-order valence-corrected chi connectivity index (χ4v) is 3.39. The van der Waals surface area contributed by atoms with Gasteiger partial charge in [-0.25, -0.2) is 8.42 Å². The van der Waals surface area contributed by atoms with Gasteiger partial charge in [0.15, 0.2) is 0 Å². The summed E-state index contributed by atoms with van der Waals surface area (Å²) in [6, 6.07) is 6.44. The van der Waals surface area contributed by atoms with Gasteiger partial charge in [0.2, 0.25) is 10.0 Å². The maximum absolute atomic E-state index is 12.4. The first-order valence-corrected chi connectivity index (χ1v) is 7.38. The summed E-state index contributed by atoms with van der Waals surface area (Å²) in [5, 5.41) is 19.3. The molecule has 0 spiro atoms. The average molecular weight is 297 g/mol. The molecule has 0 bridgehead atoms. The number of nitro benzene ring substituents is 1. The van der Waals surface area contributed by atoms with Gasteiger partial charge in [0.25, 0.3) is 5.69 Å². The van der Waals surface area contributed by atoms with E-state index in [-0.39, 0.29) is 29.6 Å². The molecule has 0 aliphatic carbocycles. The summed E-state index contributed by atoms with van der Waals surface area (Å²) < 4.78 is 26.1. The topological polar surface area (TPSA) is 104 Å². The molecule has 0 unspecified atom stereocenters. The van der Waals surface area contributed by atoms with Gasteiger partial charge in [-0.3, -0.25) is 10.1 Å². The highest BCUT2D eigenvalue weighted by atomic mass is 32.2. The molecular formula is C12H15N3O4S. The minimum Gasteiger partial charge on any atom is -0.258 e. The molecule has 20 heavy (non-hydrogen) atoms. The molecule has 1 aromatic rings. The molecular weight excluding hydrogens is 282 g/mol. The van der Waals surface area contributed by atoms with E-state index in [9.17, 15) is 18.5 Å². The van der Waals surface area contributed by atoms with Crippen LogP contribution in [-0.4, -0.2) is 30.2 Å². The molecule has 0 amide bonds. The molecule has 1 rings (SSSR count). The molecule has 0 N–H and O–H groups in total. The second-order valence-electron chi connectivity index (χ2n) is 4.37. The first kappa shape index (κ1) is 16.1. The highest BCUT2D eigenvalue weighted by molar-refractivity contribution is 7.89. The molecule has 1 aromatic carbocycles. The Morgan fingerprint density at radius 3 is 2.60 bits per heavy atom. The molecule has 0 atom stereocenters. The van der Waals surface area contributed by atoms with Crippen LogP contribution in [0.15, 0.2) is 29.2 Å². The highest BCUT2D eigenvalue weighted by Gasteiger charge is 2.27. The zero-order valence-corrected chi connectivity index (χ0v) is 12.0. The minimum atomic E-state index is -3.85. The van der Waals surface area contributed by atoms with Crippen molar-refractivity contribution in [3.63, 3.8) is 0 Å². The maximum atomic E-state index is 12.4. The van der Waals surface area contributed by atoms with E-state index in [0.717, 1.165) is 10.4 Å². The lowest BCUT2D eigenvalue weighted by molar-refractivity contribution is -0.385. The van der Waals surface area contributed by atoms with Crippen molar-refractivity contribution in [1.82, 2.24) is 4.31 Å². The van der Waals surface area contributed by atoms with Crippen molar-refractivity contribution >= 4 is 15.7 Å². The van der Waals surface area contributed by atoms with Crippen LogP contribution in [0.25, 0.3) is 0 Å². The van der Waals surface area contributed by atoms with Crippen LogP contribution in [0.2, 0.25) is 0 Å². The zero-order valence-electron chi connectivity index (χ0n) is 11.2. The van der Waals surface area contributed by atoms with E-state index in [4.69, 9.17) is 5.26 Å². The molecule has 0 aliphatic heterocycles. The molecule has 8 heteroatoms. The Labute approximate surface area is 117 Å². The fourth-order valence-electron chi connectivity index (χ4n) is 1.71. The monoisotopic (exact) mass is 297 g/mol. The Hall–Kier alpha value is -1.98. The van der Waals surface area contributed by atoms with Crippen molar-refractivity contribution in [3.05, 3.63) is 34.4 Å². The Bertz CT molecular complexity index is 634.